The summed E-state index contributed by atoms with van der Waals surface area (Å²) in [7, 11) is 0. The van der Waals surface area contributed by atoms with Crippen LogP contribution in [0.2, 0.25) is 0 Å². The third-order valence-electron chi connectivity index (χ3n) is 3.77. The molecule has 1 fully saturated rings. The standard InChI is InChI=1S/C14H18BrNO4/c15-12-4-3-11(14(7-12)16(18)19)9-20-13-5-1-10(8-17)2-6-13/h3-4,7,10,13,17H,1-2,5-6,8-9H2. The van der Waals surface area contributed by atoms with Crippen molar-refractivity contribution >= 4 is 21.6 Å². The molecule has 20 heavy (non-hydrogen) atoms. The Kier molecular flexibility index (Phi) is 5.51. The highest BCUT2D eigenvalue weighted by Crippen LogP contribution is 2.28. The number of nitrogens with zero attached hydrogens (tertiary/aromatic N) is 1. The van der Waals surface area contributed by atoms with Crippen LogP contribution in [0.1, 0.15) is 31.2 Å². The Hall–Kier alpha value is -0.980. The topological polar surface area (TPSA) is 72.6 Å². The van der Waals surface area contributed by atoms with E-state index in [1.165, 1.54) is 6.07 Å². The third-order valence-corrected chi connectivity index (χ3v) is 4.26. The van der Waals surface area contributed by atoms with Gasteiger partial charge in [-0.1, -0.05) is 15.9 Å². The normalized spacial score (nSPS) is 22.7. The summed E-state index contributed by atoms with van der Waals surface area (Å²) in [6.45, 7) is 0.503. The third kappa shape index (κ3) is 4.01. The van der Waals surface area contributed by atoms with Crippen LogP contribution in [0.5, 0.6) is 0 Å². The Balaban J connectivity index is 1.93. The quantitative estimate of drug-likeness (QED) is 0.656. The molecule has 5 nitrogen and oxygen atoms in total. The van der Waals surface area contributed by atoms with Crippen LogP contribution in [-0.4, -0.2) is 22.7 Å². The van der Waals surface area contributed by atoms with Crippen LogP contribution in [-0.2, 0) is 11.3 Å². The molecule has 110 valence electrons. The van der Waals surface area contributed by atoms with Gasteiger partial charge in [-0.3, -0.25) is 10.1 Å². The minimum absolute atomic E-state index is 0.0865. The highest BCUT2D eigenvalue weighted by molar-refractivity contribution is 9.10. The van der Waals surface area contributed by atoms with Crippen molar-refractivity contribution in [3.8, 4) is 0 Å². The van der Waals surface area contributed by atoms with Crippen LogP contribution in [0.25, 0.3) is 0 Å². The van der Waals surface area contributed by atoms with Crippen LogP contribution in [0.15, 0.2) is 22.7 Å². The van der Waals surface area contributed by atoms with E-state index in [2.05, 4.69) is 15.9 Å². The minimum Gasteiger partial charge on any atom is -0.396 e. The molecule has 0 saturated heterocycles. The van der Waals surface area contributed by atoms with Crippen molar-refractivity contribution in [2.45, 2.75) is 38.4 Å². The van der Waals surface area contributed by atoms with E-state index in [1.54, 1.807) is 12.1 Å². The van der Waals surface area contributed by atoms with Gasteiger partial charge in [0.25, 0.3) is 5.69 Å². The van der Waals surface area contributed by atoms with Gasteiger partial charge in [-0.05, 0) is 43.7 Å². The second kappa shape index (κ2) is 7.15. The maximum absolute atomic E-state index is 11.0. The lowest BCUT2D eigenvalue weighted by atomic mass is 9.88. The molecule has 0 radical (unpaired) electrons. The average molecular weight is 344 g/mol. The number of ether oxygens (including phenoxy) is 1. The number of aliphatic hydroxyl groups is 1. The first-order valence-electron chi connectivity index (χ1n) is 6.75. The van der Waals surface area contributed by atoms with E-state index in [9.17, 15) is 10.1 Å². The fourth-order valence-electron chi connectivity index (χ4n) is 2.52. The first-order valence-corrected chi connectivity index (χ1v) is 7.54. The largest absolute Gasteiger partial charge is 0.396 e. The summed E-state index contributed by atoms with van der Waals surface area (Å²) in [6.07, 6.45) is 3.89. The second-order valence-electron chi connectivity index (χ2n) is 5.17. The number of nitro benzene ring substituents is 1. The zero-order chi connectivity index (χ0) is 14.5. The van der Waals surface area contributed by atoms with Crippen LogP contribution in [0, 0.1) is 16.0 Å². The molecule has 0 aliphatic heterocycles. The van der Waals surface area contributed by atoms with E-state index in [0.29, 0.717) is 16.0 Å². The molecule has 0 heterocycles. The van der Waals surface area contributed by atoms with Gasteiger partial charge < -0.3 is 9.84 Å². The van der Waals surface area contributed by atoms with Gasteiger partial charge in [-0.25, -0.2) is 0 Å². The van der Waals surface area contributed by atoms with Crippen LogP contribution in [0.3, 0.4) is 0 Å². The predicted octanol–water partition coefficient (Wildman–Crippen LogP) is 3.43. The summed E-state index contributed by atoms with van der Waals surface area (Å²) in [5.74, 6) is 0.386. The molecule has 0 aromatic heterocycles. The molecule has 2 rings (SSSR count). The van der Waals surface area contributed by atoms with Crippen molar-refractivity contribution in [3.05, 3.63) is 38.3 Å². The number of rotatable bonds is 5. The lowest BCUT2D eigenvalue weighted by Gasteiger charge is -2.27. The summed E-state index contributed by atoms with van der Waals surface area (Å²) in [4.78, 5) is 10.6. The smallest absolute Gasteiger partial charge is 0.276 e. The van der Waals surface area contributed by atoms with Gasteiger partial charge in [-0.2, -0.15) is 0 Å². The van der Waals surface area contributed by atoms with Crippen LogP contribution in [0.4, 0.5) is 5.69 Å². The van der Waals surface area contributed by atoms with E-state index in [0.717, 1.165) is 25.7 Å². The first kappa shape index (κ1) is 15.4. The molecule has 6 heteroatoms. The molecule has 1 aromatic rings. The van der Waals surface area contributed by atoms with Gasteiger partial charge >= 0.3 is 0 Å². The monoisotopic (exact) mass is 343 g/mol. The average Bonchev–Trinajstić information content (AvgIpc) is 2.46. The fraction of sp³-hybridized carbons (Fsp3) is 0.571. The molecular weight excluding hydrogens is 326 g/mol. The maximum atomic E-state index is 11.0. The van der Waals surface area contributed by atoms with Crippen molar-refractivity contribution in [3.63, 3.8) is 0 Å². The minimum atomic E-state index is -0.383. The van der Waals surface area contributed by atoms with Gasteiger partial charge in [0, 0.05) is 17.1 Å². The molecule has 0 bridgehead atoms. The van der Waals surface area contributed by atoms with Crippen molar-refractivity contribution in [1.29, 1.82) is 0 Å². The summed E-state index contributed by atoms with van der Waals surface area (Å²) in [5, 5.41) is 20.1. The molecule has 0 unspecified atom stereocenters. The number of halogens is 1. The number of hydrogen-bond acceptors (Lipinski definition) is 4. The van der Waals surface area contributed by atoms with Crippen LogP contribution < -0.4 is 0 Å². The number of aliphatic hydroxyl groups excluding tert-OH is 1. The Morgan fingerprint density at radius 3 is 2.65 bits per heavy atom. The number of hydrogen-bond donors (Lipinski definition) is 1. The molecule has 1 saturated carbocycles. The highest BCUT2D eigenvalue weighted by atomic mass is 79.9. The number of nitro groups is 1. The van der Waals surface area contributed by atoms with E-state index >= 15 is 0 Å². The zero-order valence-electron chi connectivity index (χ0n) is 11.1. The van der Waals surface area contributed by atoms with Gasteiger partial charge in [0.15, 0.2) is 0 Å². The molecule has 1 aliphatic rings. The SMILES string of the molecule is O=[N+]([O-])c1cc(Br)ccc1COC1CCC(CO)CC1. The lowest BCUT2D eigenvalue weighted by Crippen LogP contribution is -2.23. The first-order chi connectivity index (χ1) is 9.60. The molecule has 0 atom stereocenters. The molecule has 0 spiro atoms. The van der Waals surface area contributed by atoms with E-state index < -0.39 is 0 Å². The van der Waals surface area contributed by atoms with Crippen LogP contribution >= 0.6 is 15.9 Å². The van der Waals surface area contributed by atoms with E-state index in [4.69, 9.17) is 9.84 Å². The maximum Gasteiger partial charge on any atom is 0.276 e. The van der Waals surface area contributed by atoms with Crippen molar-refractivity contribution in [2.75, 3.05) is 6.61 Å². The summed E-state index contributed by atoms with van der Waals surface area (Å²) < 4.78 is 6.48. The Bertz CT molecular complexity index is 472. The molecule has 1 aromatic carbocycles. The predicted molar refractivity (Wildman–Crippen MR) is 78.4 cm³/mol. The Morgan fingerprint density at radius 1 is 1.35 bits per heavy atom. The van der Waals surface area contributed by atoms with E-state index in [-0.39, 0.29) is 29.9 Å². The Labute approximate surface area is 126 Å². The molecule has 1 N–H and O–H groups in total. The van der Waals surface area contributed by atoms with Gasteiger partial charge in [0.2, 0.25) is 0 Å². The van der Waals surface area contributed by atoms with Gasteiger partial charge in [0.05, 0.1) is 23.2 Å². The summed E-state index contributed by atoms with van der Waals surface area (Å²) in [5.41, 5.74) is 0.686. The lowest BCUT2D eigenvalue weighted by molar-refractivity contribution is -0.386. The highest BCUT2D eigenvalue weighted by Gasteiger charge is 2.22. The van der Waals surface area contributed by atoms with Gasteiger partial charge in [-0.15, -0.1) is 0 Å². The summed E-state index contributed by atoms with van der Waals surface area (Å²) in [6, 6.07) is 5.01. The molecule has 0 amide bonds. The summed E-state index contributed by atoms with van der Waals surface area (Å²) >= 11 is 3.24. The van der Waals surface area contributed by atoms with Crippen molar-refractivity contribution in [2.24, 2.45) is 5.92 Å². The van der Waals surface area contributed by atoms with Crippen molar-refractivity contribution in [1.82, 2.24) is 0 Å². The fourth-order valence-corrected chi connectivity index (χ4v) is 2.87. The van der Waals surface area contributed by atoms with Crippen molar-refractivity contribution < 1.29 is 14.8 Å². The Morgan fingerprint density at radius 2 is 2.05 bits per heavy atom. The molecule has 1 aliphatic carbocycles. The van der Waals surface area contributed by atoms with Gasteiger partial charge in [0.1, 0.15) is 0 Å². The molecular formula is C14H18BrNO4. The number of benzene rings is 1. The second-order valence-corrected chi connectivity index (χ2v) is 6.08. The van der Waals surface area contributed by atoms with E-state index in [1.807, 2.05) is 0 Å². The zero-order valence-corrected chi connectivity index (χ0v) is 12.7.